The van der Waals surface area contributed by atoms with Gasteiger partial charge in [0.1, 0.15) is 0 Å². The number of piperidine rings is 2. The van der Waals surface area contributed by atoms with Gasteiger partial charge in [0.25, 0.3) is 0 Å². The normalized spacial score (nSPS) is 20.7. The first-order valence-electron chi connectivity index (χ1n) is 9.21. The quantitative estimate of drug-likeness (QED) is 0.852. The van der Waals surface area contributed by atoms with E-state index in [-0.39, 0.29) is 5.92 Å². The van der Waals surface area contributed by atoms with Crippen LogP contribution in [-0.2, 0) is 11.3 Å². The van der Waals surface area contributed by atoms with Gasteiger partial charge in [0.05, 0.1) is 0 Å². The van der Waals surface area contributed by atoms with Gasteiger partial charge in [0, 0.05) is 25.6 Å². The van der Waals surface area contributed by atoms with Crippen molar-refractivity contribution in [2.24, 2.45) is 5.92 Å². The maximum Gasteiger partial charge on any atom is 0.225 e. The third-order valence-corrected chi connectivity index (χ3v) is 5.50. The third-order valence-electron chi connectivity index (χ3n) is 5.50. The van der Waals surface area contributed by atoms with Crippen molar-refractivity contribution in [2.75, 3.05) is 26.2 Å². The molecule has 1 amide bonds. The van der Waals surface area contributed by atoms with E-state index in [0.29, 0.717) is 5.91 Å². The minimum atomic E-state index is 0.267. The first kappa shape index (κ1) is 16.5. The van der Waals surface area contributed by atoms with Gasteiger partial charge < -0.3 is 4.90 Å². The smallest absolute Gasteiger partial charge is 0.225 e. The van der Waals surface area contributed by atoms with Gasteiger partial charge in [-0.05, 0) is 70.2 Å². The van der Waals surface area contributed by atoms with Crippen molar-refractivity contribution in [1.29, 1.82) is 0 Å². The van der Waals surface area contributed by atoms with Gasteiger partial charge in [-0.25, -0.2) is 0 Å². The Balaban J connectivity index is 1.52. The number of carbonyl (C=O) groups is 1. The molecule has 3 rings (SSSR count). The Labute approximate surface area is 140 Å². The van der Waals surface area contributed by atoms with Crippen LogP contribution in [0.4, 0.5) is 0 Å². The molecule has 0 spiro atoms. The molecule has 2 aliphatic rings. The number of likely N-dealkylation sites (tertiary alicyclic amines) is 2. The SMILES string of the molecule is Cc1ccc(C)c(CN2CCC(C(=O)N3CCCCC3)CC2)c1. The summed E-state index contributed by atoms with van der Waals surface area (Å²) in [5.74, 6) is 0.694. The van der Waals surface area contributed by atoms with Crippen LogP contribution in [0.1, 0.15) is 48.8 Å². The Hall–Kier alpha value is -1.35. The van der Waals surface area contributed by atoms with Crippen LogP contribution in [0.3, 0.4) is 0 Å². The van der Waals surface area contributed by atoms with E-state index >= 15 is 0 Å². The third kappa shape index (κ3) is 4.14. The first-order valence-corrected chi connectivity index (χ1v) is 9.21. The molecule has 2 saturated heterocycles. The van der Waals surface area contributed by atoms with Gasteiger partial charge >= 0.3 is 0 Å². The average Bonchev–Trinajstić information content (AvgIpc) is 2.59. The molecule has 0 saturated carbocycles. The average molecular weight is 314 g/mol. The summed E-state index contributed by atoms with van der Waals surface area (Å²) in [4.78, 5) is 17.3. The highest BCUT2D eigenvalue weighted by atomic mass is 16.2. The zero-order valence-corrected chi connectivity index (χ0v) is 14.7. The van der Waals surface area contributed by atoms with E-state index in [2.05, 4.69) is 41.8 Å². The lowest BCUT2D eigenvalue weighted by Crippen LogP contribution is -2.44. The van der Waals surface area contributed by atoms with Gasteiger partial charge in [-0.2, -0.15) is 0 Å². The molecule has 2 heterocycles. The van der Waals surface area contributed by atoms with Crippen molar-refractivity contribution in [2.45, 2.75) is 52.5 Å². The van der Waals surface area contributed by atoms with Crippen molar-refractivity contribution < 1.29 is 4.79 Å². The second-order valence-corrected chi connectivity index (χ2v) is 7.37. The standard InChI is InChI=1S/C20H30N2O/c1-16-6-7-17(2)19(14-16)15-21-12-8-18(9-13-21)20(23)22-10-4-3-5-11-22/h6-7,14,18H,3-5,8-13,15H2,1-2H3. The molecule has 0 unspecified atom stereocenters. The number of rotatable bonds is 3. The summed E-state index contributed by atoms with van der Waals surface area (Å²) in [7, 11) is 0. The predicted molar refractivity (Wildman–Crippen MR) is 94.3 cm³/mol. The molecule has 0 aromatic heterocycles. The number of amides is 1. The van der Waals surface area contributed by atoms with E-state index in [1.54, 1.807) is 0 Å². The fourth-order valence-corrected chi connectivity index (χ4v) is 3.92. The molecule has 1 aromatic rings. The van der Waals surface area contributed by atoms with Gasteiger partial charge in [-0.15, -0.1) is 0 Å². The second kappa shape index (κ2) is 7.48. The Morgan fingerprint density at radius 2 is 1.74 bits per heavy atom. The molecule has 1 aromatic carbocycles. The van der Waals surface area contributed by atoms with Crippen molar-refractivity contribution >= 4 is 5.91 Å². The van der Waals surface area contributed by atoms with Gasteiger partial charge in [0.15, 0.2) is 0 Å². The minimum Gasteiger partial charge on any atom is -0.342 e. The summed E-state index contributed by atoms with van der Waals surface area (Å²) >= 11 is 0. The largest absolute Gasteiger partial charge is 0.342 e. The van der Waals surface area contributed by atoms with Crippen molar-refractivity contribution in [3.05, 3.63) is 34.9 Å². The fourth-order valence-electron chi connectivity index (χ4n) is 3.92. The number of nitrogens with zero attached hydrogens (tertiary/aromatic N) is 2. The summed E-state index contributed by atoms with van der Waals surface area (Å²) in [6.07, 6.45) is 5.73. The number of benzene rings is 1. The molecule has 126 valence electrons. The number of aryl methyl sites for hydroxylation is 2. The lowest BCUT2D eigenvalue weighted by molar-refractivity contribution is -0.138. The van der Waals surface area contributed by atoms with Crippen molar-refractivity contribution in [3.63, 3.8) is 0 Å². The predicted octanol–water partition coefficient (Wildman–Crippen LogP) is 3.53. The van der Waals surface area contributed by atoms with Crippen molar-refractivity contribution in [3.8, 4) is 0 Å². The molecule has 23 heavy (non-hydrogen) atoms. The molecule has 0 N–H and O–H groups in total. The fraction of sp³-hybridized carbons (Fsp3) is 0.650. The Bertz CT molecular complexity index is 541. The van der Waals surface area contributed by atoms with Crippen LogP contribution in [0, 0.1) is 19.8 Å². The number of hydrogen-bond donors (Lipinski definition) is 0. The maximum absolute atomic E-state index is 12.6. The van der Waals surface area contributed by atoms with E-state index in [1.165, 1.54) is 36.0 Å². The summed E-state index contributed by atoms with van der Waals surface area (Å²) in [5.41, 5.74) is 4.15. The Morgan fingerprint density at radius 3 is 2.43 bits per heavy atom. The monoisotopic (exact) mass is 314 g/mol. The molecule has 2 fully saturated rings. The van der Waals surface area contributed by atoms with Crippen LogP contribution in [0.25, 0.3) is 0 Å². The van der Waals surface area contributed by atoms with Gasteiger partial charge in [0.2, 0.25) is 5.91 Å². The zero-order valence-electron chi connectivity index (χ0n) is 14.7. The van der Waals surface area contributed by atoms with Gasteiger partial charge in [-0.1, -0.05) is 23.8 Å². The molecular formula is C20H30N2O. The van der Waals surface area contributed by atoms with Gasteiger partial charge in [-0.3, -0.25) is 9.69 Å². The topological polar surface area (TPSA) is 23.6 Å². The lowest BCUT2D eigenvalue weighted by atomic mass is 9.93. The van der Waals surface area contributed by atoms with Crippen LogP contribution in [0.15, 0.2) is 18.2 Å². The summed E-state index contributed by atoms with van der Waals surface area (Å²) in [5, 5.41) is 0. The van der Waals surface area contributed by atoms with Crippen LogP contribution < -0.4 is 0 Å². The van der Waals surface area contributed by atoms with E-state index < -0.39 is 0 Å². The Kier molecular flexibility index (Phi) is 5.37. The van der Waals surface area contributed by atoms with E-state index in [1.807, 2.05) is 0 Å². The van der Waals surface area contributed by atoms with Crippen LogP contribution in [-0.4, -0.2) is 41.9 Å². The minimum absolute atomic E-state index is 0.267. The molecular weight excluding hydrogens is 284 g/mol. The maximum atomic E-state index is 12.6. The Morgan fingerprint density at radius 1 is 1.04 bits per heavy atom. The molecule has 0 atom stereocenters. The zero-order chi connectivity index (χ0) is 16.2. The highest BCUT2D eigenvalue weighted by molar-refractivity contribution is 5.79. The van der Waals surface area contributed by atoms with Crippen LogP contribution in [0.5, 0.6) is 0 Å². The molecule has 3 heteroatoms. The number of hydrogen-bond acceptors (Lipinski definition) is 2. The van der Waals surface area contributed by atoms with Crippen LogP contribution in [0.2, 0.25) is 0 Å². The summed E-state index contributed by atoms with van der Waals surface area (Å²) < 4.78 is 0. The number of carbonyl (C=O) groups excluding carboxylic acids is 1. The summed E-state index contributed by atoms with van der Waals surface area (Å²) in [6.45, 7) is 9.46. The molecule has 0 bridgehead atoms. The van der Waals surface area contributed by atoms with Crippen LogP contribution >= 0.6 is 0 Å². The van der Waals surface area contributed by atoms with E-state index in [4.69, 9.17) is 0 Å². The van der Waals surface area contributed by atoms with E-state index in [0.717, 1.165) is 45.6 Å². The highest BCUT2D eigenvalue weighted by Crippen LogP contribution is 2.23. The van der Waals surface area contributed by atoms with Crippen molar-refractivity contribution in [1.82, 2.24) is 9.80 Å². The first-order chi connectivity index (χ1) is 11.1. The highest BCUT2D eigenvalue weighted by Gasteiger charge is 2.29. The summed E-state index contributed by atoms with van der Waals surface area (Å²) in [6, 6.07) is 6.71. The molecule has 0 radical (unpaired) electrons. The molecule has 2 aliphatic heterocycles. The molecule has 0 aliphatic carbocycles. The van der Waals surface area contributed by atoms with E-state index in [9.17, 15) is 4.79 Å². The second-order valence-electron chi connectivity index (χ2n) is 7.37. The lowest BCUT2D eigenvalue weighted by Gasteiger charge is -2.35. The molecule has 3 nitrogen and oxygen atoms in total.